The Hall–Kier alpha value is -5.99. The van der Waals surface area contributed by atoms with E-state index in [1.807, 2.05) is 30.3 Å². The predicted octanol–water partition coefficient (Wildman–Crippen LogP) is 11.3. The number of benzene rings is 7. The summed E-state index contributed by atoms with van der Waals surface area (Å²) in [6.07, 6.45) is -0.0315. The van der Waals surface area contributed by atoms with Crippen molar-refractivity contribution in [2.75, 3.05) is 0 Å². The molecule has 0 aliphatic heterocycles. The number of carbonyl (C=O) groups is 1. The van der Waals surface area contributed by atoms with Gasteiger partial charge in [-0.05, 0) is 72.3 Å². The number of carboxylic acids is 1. The third-order valence-corrected chi connectivity index (χ3v) is 8.53. The van der Waals surface area contributed by atoms with Gasteiger partial charge in [0.1, 0.15) is 0 Å². The highest BCUT2D eigenvalue weighted by Gasteiger charge is 2.19. The second kappa shape index (κ2) is 12.9. The van der Waals surface area contributed by atoms with Crippen LogP contribution in [0.15, 0.2) is 176 Å². The SMILES string of the molecule is O=C(O)Cc1ccccc1-c1ccccc1-c1ccccc1-c1ccccc1-c1ccccc1-c1ccccc1-c1ccccc1. The molecular weight excluding hydrogens is 560 g/mol. The first-order chi connectivity index (χ1) is 22.7. The Kier molecular flexibility index (Phi) is 8.09. The van der Waals surface area contributed by atoms with Gasteiger partial charge in [0.2, 0.25) is 0 Å². The first-order valence-corrected chi connectivity index (χ1v) is 15.5. The number of hydrogen-bond donors (Lipinski definition) is 1. The van der Waals surface area contributed by atoms with E-state index in [2.05, 4.69) is 146 Å². The van der Waals surface area contributed by atoms with E-state index < -0.39 is 5.97 Å². The van der Waals surface area contributed by atoms with Gasteiger partial charge in [0.25, 0.3) is 0 Å². The topological polar surface area (TPSA) is 37.3 Å². The molecule has 0 fully saturated rings. The second-order valence-electron chi connectivity index (χ2n) is 11.3. The summed E-state index contributed by atoms with van der Waals surface area (Å²) in [5.41, 5.74) is 14.2. The molecule has 0 aliphatic carbocycles. The molecule has 0 saturated heterocycles. The van der Waals surface area contributed by atoms with E-state index in [4.69, 9.17) is 0 Å². The van der Waals surface area contributed by atoms with Gasteiger partial charge in [0.15, 0.2) is 0 Å². The Morgan fingerprint density at radius 2 is 0.587 bits per heavy atom. The first-order valence-electron chi connectivity index (χ1n) is 15.5. The highest BCUT2D eigenvalue weighted by atomic mass is 16.4. The molecule has 0 heterocycles. The predicted molar refractivity (Wildman–Crippen MR) is 190 cm³/mol. The smallest absolute Gasteiger partial charge is 0.307 e. The second-order valence-corrected chi connectivity index (χ2v) is 11.3. The minimum atomic E-state index is -0.841. The van der Waals surface area contributed by atoms with E-state index in [1.54, 1.807) is 0 Å². The fourth-order valence-electron chi connectivity index (χ4n) is 6.50. The van der Waals surface area contributed by atoms with Crippen LogP contribution in [0, 0.1) is 0 Å². The van der Waals surface area contributed by atoms with Crippen molar-refractivity contribution in [1.29, 1.82) is 0 Å². The van der Waals surface area contributed by atoms with Gasteiger partial charge in [-0.2, -0.15) is 0 Å². The van der Waals surface area contributed by atoms with E-state index in [-0.39, 0.29) is 6.42 Å². The number of carboxylic acid groups (broad SMARTS) is 1. The lowest BCUT2D eigenvalue weighted by Crippen LogP contribution is -2.02. The summed E-state index contributed by atoms with van der Waals surface area (Å²) >= 11 is 0. The molecule has 7 aromatic rings. The van der Waals surface area contributed by atoms with E-state index in [0.717, 1.165) is 50.1 Å². The minimum Gasteiger partial charge on any atom is -0.481 e. The normalized spacial score (nSPS) is 10.9. The highest BCUT2D eigenvalue weighted by Crippen LogP contribution is 2.45. The Labute approximate surface area is 269 Å². The van der Waals surface area contributed by atoms with Crippen molar-refractivity contribution in [2.45, 2.75) is 6.42 Å². The monoisotopic (exact) mass is 592 g/mol. The maximum Gasteiger partial charge on any atom is 0.307 e. The van der Waals surface area contributed by atoms with Crippen LogP contribution in [0.3, 0.4) is 0 Å². The van der Waals surface area contributed by atoms with Gasteiger partial charge < -0.3 is 5.11 Å². The fraction of sp³-hybridized carbons (Fsp3) is 0.0227. The van der Waals surface area contributed by atoms with Crippen molar-refractivity contribution < 1.29 is 9.90 Å². The van der Waals surface area contributed by atoms with Crippen LogP contribution < -0.4 is 0 Å². The van der Waals surface area contributed by atoms with Crippen LogP contribution in [0.4, 0.5) is 0 Å². The third-order valence-electron chi connectivity index (χ3n) is 8.53. The number of hydrogen-bond acceptors (Lipinski definition) is 1. The summed E-state index contributed by atoms with van der Waals surface area (Å²) in [4.78, 5) is 11.8. The molecule has 0 saturated carbocycles. The van der Waals surface area contributed by atoms with Crippen molar-refractivity contribution >= 4 is 5.97 Å². The molecule has 0 radical (unpaired) electrons. The Morgan fingerprint density at radius 3 is 0.957 bits per heavy atom. The summed E-state index contributed by atoms with van der Waals surface area (Å²) in [6.45, 7) is 0. The van der Waals surface area contributed by atoms with Gasteiger partial charge in [-0.3, -0.25) is 4.79 Å². The average Bonchev–Trinajstić information content (AvgIpc) is 3.12. The van der Waals surface area contributed by atoms with Gasteiger partial charge in [0.05, 0.1) is 6.42 Å². The van der Waals surface area contributed by atoms with Crippen LogP contribution in [0.5, 0.6) is 0 Å². The molecule has 2 heteroatoms. The lowest BCUT2D eigenvalue weighted by Gasteiger charge is -2.20. The van der Waals surface area contributed by atoms with Crippen LogP contribution in [0.25, 0.3) is 66.8 Å². The zero-order valence-corrected chi connectivity index (χ0v) is 25.3. The molecule has 46 heavy (non-hydrogen) atoms. The summed E-state index contributed by atoms with van der Waals surface area (Å²) in [6, 6.07) is 61.1. The Balaban J connectivity index is 1.41. The zero-order chi connectivity index (χ0) is 31.3. The molecule has 1 N–H and O–H groups in total. The van der Waals surface area contributed by atoms with Gasteiger partial charge >= 0.3 is 5.97 Å². The number of aliphatic carboxylic acids is 1. The molecule has 7 aromatic carbocycles. The van der Waals surface area contributed by atoms with Gasteiger partial charge in [-0.15, -0.1) is 0 Å². The van der Waals surface area contributed by atoms with Crippen molar-refractivity contribution in [1.82, 2.24) is 0 Å². The summed E-state index contributed by atoms with van der Waals surface area (Å²) < 4.78 is 0. The molecule has 2 nitrogen and oxygen atoms in total. The molecule has 0 atom stereocenters. The highest BCUT2D eigenvalue weighted by molar-refractivity contribution is 6.00. The van der Waals surface area contributed by atoms with Crippen LogP contribution >= 0.6 is 0 Å². The maximum absolute atomic E-state index is 11.8. The molecule has 0 bridgehead atoms. The maximum atomic E-state index is 11.8. The van der Waals surface area contributed by atoms with E-state index >= 15 is 0 Å². The van der Waals surface area contributed by atoms with Crippen molar-refractivity contribution in [3.05, 3.63) is 181 Å². The van der Waals surface area contributed by atoms with Gasteiger partial charge in [-0.1, -0.05) is 176 Å². The summed E-state index contributed by atoms with van der Waals surface area (Å²) in [5, 5.41) is 9.64. The van der Waals surface area contributed by atoms with Gasteiger partial charge in [0, 0.05) is 0 Å². The van der Waals surface area contributed by atoms with Crippen molar-refractivity contribution in [3.8, 4) is 66.8 Å². The Morgan fingerprint density at radius 1 is 0.326 bits per heavy atom. The van der Waals surface area contributed by atoms with E-state index in [9.17, 15) is 9.90 Å². The fourth-order valence-corrected chi connectivity index (χ4v) is 6.50. The van der Waals surface area contributed by atoms with E-state index in [1.165, 1.54) is 22.3 Å². The quantitative estimate of drug-likeness (QED) is 0.191. The summed E-state index contributed by atoms with van der Waals surface area (Å²) in [5.74, 6) is -0.841. The van der Waals surface area contributed by atoms with Crippen molar-refractivity contribution in [2.24, 2.45) is 0 Å². The molecular formula is C44H32O2. The molecule has 0 unspecified atom stereocenters. The average molecular weight is 593 g/mol. The molecule has 0 spiro atoms. The van der Waals surface area contributed by atoms with E-state index in [0.29, 0.717) is 0 Å². The molecule has 0 amide bonds. The van der Waals surface area contributed by atoms with Crippen LogP contribution in [-0.4, -0.2) is 11.1 Å². The zero-order valence-electron chi connectivity index (χ0n) is 25.3. The van der Waals surface area contributed by atoms with Crippen LogP contribution in [0.1, 0.15) is 5.56 Å². The number of rotatable bonds is 8. The first kappa shape index (κ1) is 28.8. The molecule has 220 valence electrons. The lowest BCUT2D eigenvalue weighted by molar-refractivity contribution is -0.136. The molecule has 7 rings (SSSR count). The standard InChI is InChI=1S/C44H32O2/c45-44(46)30-32-18-4-5-20-34(32)36-22-8-9-24-38(36)40-26-12-13-28-42(40)43-29-15-14-27-41(43)39-25-11-10-23-37(39)35-21-7-6-19-33(35)31-16-2-1-3-17-31/h1-29H,30H2,(H,45,46). The largest absolute Gasteiger partial charge is 0.481 e. The summed E-state index contributed by atoms with van der Waals surface area (Å²) in [7, 11) is 0. The minimum absolute atomic E-state index is 0.0315. The van der Waals surface area contributed by atoms with Gasteiger partial charge in [-0.25, -0.2) is 0 Å². The lowest BCUT2D eigenvalue weighted by atomic mass is 9.84. The molecule has 0 aliphatic rings. The van der Waals surface area contributed by atoms with Crippen LogP contribution in [-0.2, 0) is 11.2 Å². The van der Waals surface area contributed by atoms with Crippen LogP contribution in [0.2, 0.25) is 0 Å². The third kappa shape index (κ3) is 5.65. The van der Waals surface area contributed by atoms with Crippen molar-refractivity contribution in [3.63, 3.8) is 0 Å². The Bertz CT molecular complexity index is 2160. The molecule has 0 aromatic heterocycles.